The van der Waals surface area contributed by atoms with Gasteiger partial charge in [0.05, 0.1) is 26.2 Å². The summed E-state index contributed by atoms with van der Waals surface area (Å²) in [5.74, 6) is 0.337. The lowest BCUT2D eigenvalue weighted by atomic mass is 10.1. The average Bonchev–Trinajstić information content (AvgIpc) is 3.13. The smallest absolute Gasteiger partial charge is 0.279 e. The van der Waals surface area contributed by atoms with Crippen LogP contribution in [0, 0.1) is 0 Å². The van der Waals surface area contributed by atoms with Gasteiger partial charge in [-0.3, -0.25) is 4.79 Å². The summed E-state index contributed by atoms with van der Waals surface area (Å²) in [5.41, 5.74) is 4.39. The van der Waals surface area contributed by atoms with Gasteiger partial charge in [-0.25, -0.2) is 0 Å². The number of carbonyl (C=O) groups is 1. The fraction of sp³-hybridized carbons (Fsp3) is 0.269. The monoisotopic (exact) mass is 429 g/mol. The lowest BCUT2D eigenvalue weighted by molar-refractivity contribution is -0.892. The van der Waals surface area contributed by atoms with Crippen molar-refractivity contribution in [3.05, 3.63) is 66.7 Å². The first-order valence-corrected chi connectivity index (χ1v) is 11.3. The van der Waals surface area contributed by atoms with Crippen LogP contribution in [0.5, 0.6) is 5.75 Å². The number of carbonyl (C=O) groups excluding carboxylic acids is 1. The van der Waals surface area contributed by atoms with Gasteiger partial charge in [0, 0.05) is 39.7 Å². The van der Waals surface area contributed by atoms with E-state index < -0.39 is 0 Å². The van der Waals surface area contributed by atoms with Crippen LogP contribution in [-0.4, -0.2) is 48.3 Å². The quantitative estimate of drug-likeness (QED) is 0.457. The summed E-state index contributed by atoms with van der Waals surface area (Å²) in [6.45, 7) is 7.17. The molecule has 4 aromatic rings. The molecule has 1 aromatic heterocycles. The Bertz CT molecular complexity index is 1250. The number of phenols is 1. The van der Waals surface area contributed by atoms with E-state index in [1.807, 2.05) is 18.2 Å². The first kappa shape index (κ1) is 20.4. The summed E-state index contributed by atoms with van der Waals surface area (Å²) in [4.78, 5) is 16.3. The van der Waals surface area contributed by atoms with Crippen molar-refractivity contribution in [1.82, 2.24) is 4.57 Å². The Kier molecular flexibility index (Phi) is 5.45. The summed E-state index contributed by atoms with van der Waals surface area (Å²) in [6, 6.07) is 22.0. The molecule has 2 heterocycles. The number of hydrogen-bond donors (Lipinski definition) is 3. The van der Waals surface area contributed by atoms with Crippen molar-refractivity contribution in [2.24, 2.45) is 0 Å². The predicted molar refractivity (Wildman–Crippen MR) is 130 cm³/mol. The molecule has 0 aliphatic carbocycles. The van der Waals surface area contributed by atoms with Crippen molar-refractivity contribution < 1.29 is 14.8 Å². The molecular weight excluding hydrogens is 400 g/mol. The number of amides is 1. The number of nitrogens with zero attached hydrogens (tertiary/aromatic N) is 2. The molecule has 0 atom stereocenters. The minimum absolute atomic E-state index is 0.0525. The van der Waals surface area contributed by atoms with Crippen molar-refractivity contribution in [2.75, 3.05) is 42.9 Å². The lowest BCUT2D eigenvalue weighted by Gasteiger charge is -2.33. The third-order valence-corrected chi connectivity index (χ3v) is 6.47. The summed E-state index contributed by atoms with van der Waals surface area (Å²) in [5, 5.41) is 15.0. The van der Waals surface area contributed by atoms with Crippen LogP contribution in [-0.2, 0) is 11.3 Å². The van der Waals surface area contributed by atoms with E-state index in [1.165, 1.54) is 26.7 Å². The van der Waals surface area contributed by atoms with Gasteiger partial charge in [-0.2, -0.15) is 0 Å². The zero-order valence-electron chi connectivity index (χ0n) is 18.3. The molecule has 0 unspecified atom stereocenters. The van der Waals surface area contributed by atoms with E-state index >= 15 is 0 Å². The van der Waals surface area contributed by atoms with Crippen molar-refractivity contribution >= 4 is 39.1 Å². The molecule has 3 aromatic carbocycles. The number of aromatic nitrogens is 1. The van der Waals surface area contributed by atoms with Gasteiger partial charge in [-0.15, -0.1) is 0 Å². The Balaban J connectivity index is 1.24. The van der Waals surface area contributed by atoms with Gasteiger partial charge < -0.3 is 24.8 Å². The first-order chi connectivity index (χ1) is 15.6. The second-order valence-corrected chi connectivity index (χ2v) is 8.47. The van der Waals surface area contributed by atoms with Crippen LogP contribution in [0.25, 0.3) is 21.8 Å². The lowest BCUT2D eigenvalue weighted by Crippen LogP contribution is -3.15. The number of hydrogen-bond acceptors (Lipinski definition) is 3. The van der Waals surface area contributed by atoms with Gasteiger partial charge in [0.2, 0.25) is 0 Å². The molecule has 0 saturated carbocycles. The topological polar surface area (TPSA) is 61.9 Å². The summed E-state index contributed by atoms with van der Waals surface area (Å²) in [6.07, 6.45) is 0. The molecule has 1 aliphatic heterocycles. The maximum Gasteiger partial charge on any atom is 0.279 e. The van der Waals surface area contributed by atoms with Gasteiger partial charge >= 0.3 is 0 Å². The number of nitrogens with one attached hydrogen (secondary N) is 2. The molecule has 3 N–H and O–H groups in total. The second kappa shape index (κ2) is 8.55. The maximum absolute atomic E-state index is 12.8. The summed E-state index contributed by atoms with van der Waals surface area (Å²) >= 11 is 0. The highest BCUT2D eigenvalue weighted by atomic mass is 16.3. The molecule has 164 valence electrons. The van der Waals surface area contributed by atoms with Crippen molar-refractivity contribution in [3.8, 4) is 5.75 Å². The average molecular weight is 430 g/mol. The third-order valence-electron chi connectivity index (χ3n) is 6.47. The molecule has 5 rings (SSSR count). The largest absolute Gasteiger partial charge is 0.508 e. The maximum atomic E-state index is 12.8. The number of anilines is 2. The van der Waals surface area contributed by atoms with Crippen LogP contribution in [0.2, 0.25) is 0 Å². The van der Waals surface area contributed by atoms with E-state index in [1.54, 1.807) is 12.1 Å². The van der Waals surface area contributed by atoms with E-state index in [9.17, 15) is 9.90 Å². The molecule has 6 nitrogen and oxygen atoms in total. The molecule has 1 fully saturated rings. The Morgan fingerprint density at radius 1 is 0.969 bits per heavy atom. The molecule has 32 heavy (non-hydrogen) atoms. The van der Waals surface area contributed by atoms with E-state index in [4.69, 9.17) is 0 Å². The second-order valence-electron chi connectivity index (χ2n) is 8.47. The number of quaternary nitrogens is 1. The highest BCUT2D eigenvalue weighted by Crippen LogP contribution is 2.30. The Morgan fingerprint density at radius 2 is 1.69 bits per heavy atom. The molecular formula is C26H29N4O2+. The number of rotatable bonds is 5. The van der Waals surface area contributed by atoms with Crippen LogP contribution in [0.4, 0.5) is 11.4 Å². The minimum atomic E-state index is 0.0525. The van der Waals surface area contributed by atoms with Gasteiger partial charge in [0.1, 0.15) is 5.75 Å². The highest BCUT2D eigenvalue weighted by Gasteiger charge is 2.22. The fourth-order valence-corrected chi connectivity index (χ4v) is 4.83. The standard InChI is InChI=1S/C26H28N4O2/c1-2-30-24-6-4-3-5-22(24)23-17-19(7-12-25(23)30)27-26(32)18-28-13-15-29(16-14-28)20-8-10-21(31)11-9-20/h3-12,17,31H,2,13-16,18H2,1H3,(H,27,32)/p+1. The van der Waals surface area contributed by atoms with Crippen LogP contribution in [0.3, 0.4) is 0 Å². The van der Waals surface area contributed by atoms with Crippen LogP contribution >= 0.6 is 0 Å². The van der Waals surface area contributed by atoms with Gasteiger partial charge in [0.15, 0.2) is 6.54 Å². The first-order valence-electron chi connectivity index (χ1n) is 11.3. The van der Waals surface area contributed by atoms with Crippen LogP contribution in [0.1, 0.15) is 6.92 Å². The van der Waals surface area contributed by atoms with E-state index in [0.29, 0.717) is 6.54 Å². The molecule has 1 saturated heterocycles. The number of para-hydroxylation sites is 1. The molecule has 0 spiro atoms. The minimum Gasteiger partial charge on any atom is -0.508 e. The van der Waals surface area contributed by atoms with E-state index in [-0.39, 0.29) is 11.7 Å². The number of fused-ring (bicyclic) bond motifs is 3. The number of piperazine rings is 1. The Labute approximate surface area is 187 Å². The van der Waals surface area contributed by atoms with Gasteiger partial charge in [-0.05, 0) is 55.5 Å². The molecule has 1 amide bonds. The number of aromatic hydroxyl groups is 1. The summed E-state index contributed by atoms with van der Waals surface area (Å²) < 4.78 is 2.31. The van der Waals surface area contributed by atoms with E-state index in [2.05, 4.69) is 58.1 Å². The Morgan fingerprint density at radius 3 is 2.44 bits per heavy atom. The highest BCUT2D eigenvalue weighted by molar-refractivity contribution is 6.09. The zero-order valence-corrected chi connectivity index (χ0v) is 18.3. The number of benzene rings is 3. The molecule has 6 heteroatoms. The van der Waals surface area contributed by atoms with E-state index in [0.717, 1.165) is 44.1 Å². The fourth-order valence-electron chi connectivity index (χ4n) is 4.83. The molecule has 0 radical (unpaired) electrons. The normalized spacial score (nSPS) is 14.8. The Hall–Kier alpha value is -3.51. The van der Waals surface area contributed by atoms with Crippen molar-refractivity contribution in [1.29, 1.82) is 0 Å². The van der Waals surface area contributed by atoms with Crippen LogP contribution in [0.15, 0.2) is 66.7 Å². The van der Waals surface area contributed by atoms with Crippen molar-refractivity contribution in [3.63, 3.8) is 0 Å². The number of aryl methyl sites for hydroxylation is 1. The molecule has 1 aliphatic rings. The summed E-state index contributed by atoms with van der Waals surface area (Å²) in [7, 11) is 0. The SMILES string of the molecule is CCn1c2ccccc2c2cc(NC(=O)C[NH+]3CCN(c4ccc(O)cc4)CC3)ccc21. The molecule has 0 bridgehead atoms. The van der Waals surface area contributed by atoms with Crippen molar-refractivity contribution in [2.45, 2.75) is 13.5 Å². The zero-order chi connectivity index (χ0) is 22.1. The van der Waals surface area contributed by atoms with Crippen LogP contribution < -0.4 is 15.1 Å². The third kappa shape index (κ3) is 3.89. The van der Waals surface area contributed by atoms with Gasteiger partial charge in [-0.1, -0.05) is 18.2 Å². The predicted octanol–water partition coefficient (Wildman–Crippen LogP) is 2.86. The van der Waals surface area contributed by atoms with Gasteiger partial charge in [0.25, 0.3) is 5.91 Å². The number of phenolic OH excluding ortho intramolecular Hbond substituents is 1.